The summed E-state index contributed by atoms with van der Waals surface area (Å²) in [5.74, 6) is -0.884. The van der Waals surface area contributed by atoms with E-state index >= 15 is 0 Å². The molecular weight excluding hydrogens is 290 g/mol. The number of hydrogen-bond acceptors (Lipinski definition) is 3. The van der Waals surface area contributed by atoms with E-state index in [0.29, 0.717) is 5.17 Å². The molecule has 0 saturated carbocycles. The Kier molecular flexibility index (Phi) is 4.20. The Balaban J connectivity index is 1.67. The first-order valence-electron chi connectivity index (χ1n) is 6.68. The number of amidine groups is 1. The van der Waals surface area contributed by atoms with Crippen LogP contribution in [0.3, 0.4) is 0 Å². The molecule has 0 spiro atoms. The van der Waals surface area contributed by atoms with E-state index in [1.165, 1.54) is 29.5 Å². The highest BCUT2D eigenvalue weighted by Crippen LogP contribution is 2.24. The Morgan fingerprint density at radius 1 is 1.10 bits per heavy atom. The molecule has 2 aromatic carbocycles. The smallest absolute Gasteiger partial charge is 0.182 e. The van der Waals surface area contributed by atoms with Crippen molar-refractivity contribution in [2.24, 2.45) is 4.99 Å². The highest BCUT2D eigenvalue weighted by molar-refractivity contribution is 8.14. The summed E-state index contributed by atoms with van der Waals surface area (Å²) in [6.07, 6.45) is 0.852. The third-order valence-corrected chi connectivity index (χ3v) is 4.25. The zero-order valence-electron chi connectivity index (χ0n) is 11.2. The van der Waals surface area contributed by atoms with Crippen molar-refractivity contribution in [1.29, 1.82) is 0 Å². The first-order chi connectivity index (χ1) is 10.2. The van der Waals surface area contributed by atoms with Crippen LogP contribution in [0.4, 0.5) is 14.5 Å². The van der Waals surface area contributed by atoms with Crippen LogP contribution in [0.25, 0.3) is 0 Å². The van der Waals surface area contributed by atoms with Gasteiger partial charge in [-0.2, -0.15) is 0 Å². The van der Waals surface area contributed by atoms with Crippen molar-refractivity contribution in [2.75, 3.05) is 11.1 Å². The fourth-order valence-electron chi connectivity index (χ4n) is 2.19. The molecule has 1 N–H and O–H groups in total. The van der Waals surface area contributed by atoms with E-state index in [-0.39, 0.29) is 11.7 Å². The van der Waals surface area contributed by atoms with Crippen LogP contribution in [0.2, 0.25) is 0 Å². The number of thioether (sulfide) groups is 1. The van der Waals surface area contributed by atoms with Crippen molar-refractivity contribution in [2.45, 2.75) is 12.5 Å². The summed E-state index contributed by atoms with van der Waals surface area (Å²) in [7, 11) is 0. The lowest BCUT2D eigenvalue weighted by molar-refractivity contribution is 0.512. The molecule has 1 aliphatic rings. The van der Waals surface area contributed by atoms with Gasteiger partial charge in [-0.1, -0.05) is 48.2 Å². The minimum absolute atomic E-state index is 0.126. The second kappa shape index (κ2) is 6.26. The summed E-state index contributed by atoms with van der Waals surface area (Å²) in [5.41, 5.74) is 1.35. The van der Waals surface area contributed by atoms with Crippen LogP contribution in [0.1, 0.15) is 5.56 Å². The van der Waals surface area contributed by atoms with Crippen molar-refractivity contribution in [1.82, 2.24) is 0 Å². The first kappa shape index (κ1) is 14.1. The van der Waals surface area contributed by atoms with E-state index in [9.17, 15) is 8.78 Å². The van der Waals surface area contributed by atoms with E-state index < -0.39 is 11.6 Å². The number of aliphatic imine (C=N–C) groups is 1. The molecule has 2 nitrogen and oxygen atoms in total. The van der Waals surface area contributed by atoms with Crippen molar-refractivity contribution in [3.8, 4) is 0 Å². The van der Waals surface area contributed by atoms with E-state index in [2.05, 4.69) is 22.4 Å². The lowest BCUT2D eigenvalue weighted by atomic mass is 10.1. The molecule has 0 amide bonds. The molecule has 0 aliphatic carbocycles. The lowest BCUT2D eigenvalue weighted by Gasteiger charge is -2.06. The average Bonchev–Trinajstić information content (AvgIpc) is 2.92. The SMILES string of the molecule is Fc1cccc(NC2=NC(Cc3ccccc3)CS2)c1F. The van der Waals surface area contributed by atoms with E-state index in [1.807, 2.05) is 18.2 Å². The normalized spacial score (nSPS) is 17.6. The quantitative estimate of drug-likeness (QED) is 0.923. The number of hydrogen-bond donors (Lipinski definition) is 1. The van der Waals surface area contributed by atoms with Crippen molar-refractivity contribution < 1.29 is 8.78 Å². The van der Waals surface area contributed by atoms with Crippen molar-refractivity contribution in [3.05, 3.63) is 65.7 Å². The number of rotatable bonds is 3. The second-order valence-electron chi connectivity index (χ2n) is 4.82. The van der Waals surface area contributed by atoms with Gasteiger partial charge in [-0.3, -0.25) is 4.99 Å². The van der Waals surface area contributed by atoms with Gasteiger partial charge in [0.05, 0.1) is 11.7 Å². The maximum Gasteiger partial charge on any atom is 0.182 e. The van der Waals surface area contributed by atoms with Gasteiger partial charge in [0.25, 0.3) is 0 Å². The second-order valence-corrected chi connectivity index (χ2v) is 5.82. The van der Waals surface area contributed by atoms with Crippen LogP contribution in [0.15, 0.2) is 53.5 Å². The van der Waals surface area contributed by atoms with Gasteiger partial charge in [0.15, 0.2) is 16.8 Å². The van der Waals surface area contributed by atoms with Crippen LogP contribution >= 0.6 is 11.8 Å². The Labute approximate surface area is 126 Å². The summed E-state index contributed by atoms with van der Waals surface area (Å²) >= 11 is 1.53. The van der Waals surface area contributed by atoms with Gasteiger partial charge in [0.1, 0.15) is 0 Å². The highest BCUT2D eigenvalue weighted by Gasteiger charge is 2.20. The molecule has 0 saturated heterocycles. The van der Waals surface area contributed by atoms with E-state index in [0.717, 1.165) is 18.2 Å². The third kappa shape index (κ3) is 3.42. The minimum atomic E-state index is -0.868. The summed E-state index contributed by atoms with van der Waals surface area (Å²) in [6, 6.07) is 14.4. The number of nitrogens with one attached hydrogen (secondary N) is 1. The van der Waals surface area contributed by atoms with Crippen molar-refractivity contribution in [3.63, 3.8) is 0 Å². The molecule has 0 fully saturated rings. The Morgan fingerprint density at radius 3 is 2.71 bits per heavy atom. The molecule has 0 bridgehead atoms. The summed E-state index contributed by atoms with van der Waals surface area (Å²) in [5, 5.41) is 3.50. The molecule has 5 heteroatoms. The molecule has 0 aromatic heterocycles. The monoisotopic (exact) mass is 304 g/mol. The molecule has 1 unspecified atom stereocenters. The van der Waals surface area contributed by atoms with E-state index in [4.69, 9.17) is 0 Å². The Morgan fingerprint density at radius 2 is 1.90 bits per heavy atom. The Bertz CT molecular complexity index is 659. The molecule has 0 radical (unpaired) electrons. The first-order valence-corrected chi connectivity index (χ1v) is 7.66. The van der Waals surface area contributed by atoms with Gasteiger partial charge in [-0.25, -0.2) is 8.78 Å². The van der Waals surface area contributed by atoms with Gasteiger partial charge in [-0.15, -0.1) is 0 Å². The van der Waals surface area contributed by atoms with Gasteiger partial charge in [0.2, 0.25) is 0 Å². The number of halogens is 2. The van der Waals surface area contributed by atoms with Crippen LogP contribution in [-0.2, 0) is 6.42 Å². The van der Waals surface area contributed by atoms with Crippen LogP contribution in [-0.4, -0.2) is 17.0 Å². The van der Waals surface area contributed by atoms with Gasteiger partial charge in [-0.05, 0) is 24.1 Å². The van der Waals surface area contributed by atoms with Gasteiger partial charge >= 0.3 is 0 Å². The molecule has 3 rings (SSSR count). The molecule has 108 valence electrons. The van der Waals surface area contributed by atoms with Crippen molar-refractivity contribution >= 4 is 22.6 Å². The maximum absolute atomic E-state index is 13.6. The fourth-order valence-corrected chi connectivity index (χ4v) is 3.14. The average molecular weight is 304 g/mol. The van der Waals surface area contributed by atoms with Gasteiger partial charge < -0.3 is 5.32 Å². The summed E-state index contributed by atoms with van der Waals surface area (Å²) < 4.78 is 26.8. The largest absolute Gasteiger partial charge is 0.332 e. The molecule has 21 heavy (non-hydrogen) atoms. The summed E-state index contributed by atoms with van der Waals surface area (Å²) in [6.45, 7) is 0. The predicted molar refractivity (Wildman–Crippen MR) is 83.8 cm³/mol. The molecule has 1 aliphatic heterocycles. The van der Waals surface area contributed by atoms with Crippen LogP contribution in [0, 0.1) is 11.6 Å². The van der Waals surface area contributed by atoms with Gasteiger partial charge in [0, 0.05) is 5.75 Å². The lowest BCUT2D eigenvalue weighted by Crippen LogP contribution is -2.09. The standard InChI is InChI=1S/C16H14F2N2S/c17-13-7-4-8-14(15(13)18)20-16-19-12(10-21-16)9-11-5-2-1-3-6-11/h1-8,12H,9-10H2,(H,19,20). The predicted octanol–water partition coefficient (Wildman–Crippen LogP) is 4.09. The Hall–Kier alpha value is -1.88. The highest BCUT2D eigenvalue weighted by atomic mass is 32.2. The maximum atomic E-state index is 13.6. The zero-order valence-corrected chi connectivity index (χ0v) is 12.0. The number of nitrogens with zero attached hydrogens (tertiary/aromatic N) is 1. The van der Waals surface area contributed by atoms with Crippen LogP contribution < -0.4 is 5.32 Å². The molecule has 1 atom stereocenters. The number of anilines is 1. The fraction of sp³-hybridized carbons (Fsp3) is 0.188. The molecule has 2 aromatic rings. The van der Waals surface area contributed by atoms with E-state index in [1.54, 1.807) is 0 Å². The zero-order chi connectivity index (χ0) is 14.7. The summed E-state index contributed by atoms with van der Waals surface area (Å²) in [4.78, 5) is 4.53. The molecule has 1 heterocycles. The molecular formula is C16H14F2N2S. The number of benzene rings is 2. The van der Waals surface area contributed by atoms with Crippen LogP contribution in [0.5, 0.6) is 0 Å². The topological polar surface area (TPSA) is 24.4 Å². The minimum Gasteiger partial charge on any atom is -0.332 e. The third-order valence-electron chi connectivity index (χ3n) is 3.22.